The van der Waals surface area contributed by atoms with E-state index in [2.05, 4.69) is 15.5 Å². The van der Waals surface area contributed by atoms with Crippen LogP contribution in [0.1, 0.15) is 11.1 Å². The molecule has 140 valence electrons. The molecule has 3 aromatic rings. The summed E-state index contributed by atoms with van der Waals surface area (Å²) in [6.07, 6.45) is -4.47. The van der Waals surface area contributed by atoms with E-state index in [0.717, 1.165) is 35.0 Å². The van der Waals surface area contributed by atoms with Gasteiger partial charge in [-0.25, -0.2) is 0 Å². The fourth-order valence-electron chi connectivity index (χ4n) is 2.18. The quantitative estimate of drug-likeness (QED) is 0.631. The molecule has 1 N–H and O–H groups in total. The van der Waals surface area contributed by atoms with Crippen LogP contribution >= 0.6 is 11.8 Å². The molecular formula is C18H14F3N3O2S. The normalized spacial score (nSPS) is 11.4. The predicted molar refractivity (Wildman–Crippen MR) is 95.3 cm³/mol. The molecule has 0 aliphatic carbocycles. The van der Waals surface area contributed by atoms with Gasteiger partial charge < -0.3 is 9.73 Å². The molecule has 0 bridgehead atoms. The number of aromatic nitrogens is 2. The highest BCUT2D eigenvalue weighted by atomic mass is 32.2. The predicted octanol–water partition coefficient (Wildman–Crippen LogP) is 4.79. The van der Waals surface area contributed by atoms with Crippen molar-refractivity contribution in [2.75, 3.05) is 11.1 Å². The Morgan fingerprint density at radius 2 is 1.89 bits per heavy atom. The third-order valence-electron chi connectivity index (χ3n) is 3.51. The molecule has 1 aromatic heterocycles. The summed E-state index contributed by atoms with van der Waals surface area (Å²) in [6, 6.07) is 12.0. The summed E-state index contributed by atoms with van der Waals surface area (Å²) in [5.74, 6) is -0.226. The van der Waals surface area contributed by atoms with E-state index >= 15 is 0 Å². The number of alkyl halides is 3. The minimum Gasteiger partial charge on any atom is -0.411 e. The second-order valence-electron chi connectivity index (χ2n) is 5.65. The van der Waals surface area contributed by atoms with E-state index in [4.69, 9.17) is 4.42 Å². The molecule has 0 spiro atoms. The average molecular weight is 393 g/mol. The van der Waals surface area contributed by atoms with Gasteiger partial charge in [-0.3, -0.25) is 4.79 Å². The van der Waals surface area contributed by atoms with Gasteiger partial charge in [0.2, 0.25) is 11.8 Å². The van der Waals surface area contributed by atoms with Gasteiger partial charge in [-0.1, -0.05) is 35.5 Å². The Bertz CT molecular complexity index is 940. The number of aryl methyl sites for hydroxylation is 1. The van der Waals surface area contributed by atoms with Crippen molar-refractivity contribution in [1.82, 2.24) is 10.2 Å². The molecule has 0 fully saturated rings. The summed E-state index contributed by atoms with van der Waals surface area (Å²) in [7, 11) is 0. The van der Waals surface area contributed by atoms with Crippen molar-refractivity contribution in [2.45, 2.75) is 18.3 Å². The molecular weight excluding hydrogens is 379 g/mol. The number of carbonyl (C=O) groups is 1. The minimum atomic E-state index is -4.47. The zero-order valence-electron chi connectivity index (χ0n) is 14.1. The van der Waals surface area contributed by atoms with Crippen molar-refractivity contribution in [2.24, 2.45) is 0 Å². The number of amides is 1. The first-order valence-corrected chi connectivity index (χ1v) is 8.80. The molecule has 1 amide bonds. The van der Waals surface area contributed by atoms with E-state index < -0.39 is 17.6 Å². The molecule has 0 radical (unpaired) electrons. The molecule has 27 heavy (non-hydrogen) atoms. The standard InChI is InChI=1S/C18H14F3N3O2S/c1-11-5-7-12(8-6-11)16-23-24-17(26-16)27-10-15(25)22-14-4-2-3-13(9-14)18(19,20)21/h2-9H,10H2,1H3,(H,22,25). The van der Waals surface area contributed by atoms with Gasteiger partial charge >= 0.3 is 6.18 Å². The number of rotatable bonds is 5. The van der Waals surface area contributed by atoms with Gasteiger partial charge in [-0.05, 0) is 37.3 Å². The Kier molecular flexibility index (Phi) is 5.50. The van der Waals surface area contributed by atoms with E-state index in [9.17, 15) is 18.0 Å². The maximum atomic E-state index is 12.7. The van der Waals surface area contributed by atoms with Crippen LogP contribution in [0.25, 0.3) is 11.5 Å². The number of hydrogen-bond donors (Lipinski definition) is 1. The SMILES string of the molecule is Cc1ccc(-c2nnc(SCC(=O)Nc3cccc(C(F)(F)F)c3)o2)cc1. The molecule has 0 atom stereocenters. The van der Waals surface area contributed by atoms with Crippen LogP contribution in [0.15, 0.2) is 58.2 Å². The maximum Gasteiger partial charge on any atom is 0.416 e. The fraction of sp³-hybridized carbons (Fsp3) is 0.167. The second-order valence-corrected chi connectivity index (χ2v) is 6.58. The van der Waals surface area contributed by atoms with Gasteiger partial charge in [0, 0.05) is 11.3 Å². The van der Waals surface area contributed by atoms with Crippen molar-refractivity contribution in [3.63, 3.8) is 0 Å². The lowest BCUT2D eigenvalue weighted by Gasteiger charge is -2.09. The van der Waals surface area contributed by atoms with Gasteiger partial charge in [0.05, 0.1) is 11.3 Å². The third-order valence-corrected chi connectivity index (χ3v) is 4.32. The minimum absolute atomic E-state index is 0.0706. The largest absolute Gasteiger partial charge is 0.416 e. The van der Waals surface area contributed by atoms with Gasteiger partial charge in [0.1, 0.15) is 0 Å². The van der Waals surface area contributed by atoms with Crippen molar-refractivity contribution in [3.05, 3.63) is 59.7 Å². The van der Waals surface area contributed by atoms with Crippen molar-refractivity contribution in [3.8, 4) is 11.5 Å². The molecule has 3 rings (SSSR count). The molecule has 5 nitrogen and oxygen atoms in total. The van der Waals surface area contributed by atoms with Crippen molar-refractivity contribution >= 4 is 23.4 Å². The van der Waals surface area contributed by atoms with Gasteiger partial charge in [-0.2, -0.15) is 13.2 Å². The lowest BCUT2D eigenvalue weighted by molar-refractivity contribution is -0.137. The summed E-state index contributed by atoms with van der Waals surface area (Å²) in [6.45, 7) is 1.96. The van der Waals surface area contributed by atoms with Crippen LogP contribution in [0, 0.1) is 6.92 Å². The van der Waals surface area contributed by atoms with Crippen LogP contribution in [0.2, 0.25) is 0 Å². The van der Waals surface area contributed by atoms with Crippen molar-refractivity contribution in [1.29, 1.82) is 0 Å². The number of carbonyl (C=O) groups excluding carboxylic acids is 1. The van der Waals surface area contributed by atoms with Gasteiger partial charge in [0.25, 0.3) is 5.22 Å². The number of nitrogens with one attached hydrogen (secondary N) is 1. The maximum absolute atomic E-state index is 12.7. The monoisotopic (exact) mass is 393 g/mol. The molecule has 0 saturated carbocycles. The number of halogens is 3. The molecule has 1 heterocycles. The summed E-state index contributed by atoms with van der Waals surface area (Å²) in [5.41, 5.74) is 1.10. The lowest BCUT2D eigenvalue weighted by atomic mass is 10.1. The average Bonchev–Trinajstić information content (AvgIpc) is 3.09. The molecule has 0 unspecified atom stereocenters. The van der Waals surface area contributed by atoms with Crippen LogP contribution in [-0.4, -0.2) is 21.9 Å². The summed E-state index contributed by atoms with van der Waals surface area (Å²) in [4.78, 5) is 12.0. The summed E-state index contributed by atoms with van der Waals surface area (Å²) >= 11 is 1.00. The van der Waals surface area contributed by atoms with Crippen LogP contribution in [0.5, 0.6) is 0 Å². The number of benzene rings is 2. The van der Waals surface area contributed by atoms with E-state index in [1.807, 2.05) is 31.2 Å². The first-order chi connectivity index (χ1) is 12.8. The highest BCUT2D eigenvalue weighted by molar-refractivity contribution is 7.99. The van der Waals surface area contributed by atoms with Gasteiger partial charge in [0.15, 0.2) is 0 Å². The fourth-order valence-corrected chi connectivity index (χ4v) is 2.74. The summed E-state index contributed by atoms with van der Waals surface area (Å²) < 4.78 is 43.6. The Morgan fingerprint density at radius 1 is 1.15 bits per heavy atom. The van der Waals surface area contributed by atoms with Crippen molar-refractivity contribution < 1.29 is 22.4 Å². The Morgan fingerprint density at radius 3 is 2.59 bits per heavy atom. The van der Waals surface area contributed by atoms with E-state index in [1.54, 1.807) is 0 Å². The zero-order valence-corrected chi connectivity index (χ0v) is 14.9. The van der Waals surface area contributed by atoms with Gasteiger partial charge in [-0.15, -0.1) is 10.2 Å². The number of nitrogens with zero attached hydrogens (tertiary/aromatic N) is 2. The molecule has 9 heteroatoms. The first kappa shape index (κ1) is 19.0. The Balaban J connectivity index is 1.58. The zero-order chi connectivity index (χ0) is 19.4. The molecule has 2 aromatic carbocycles. The Labute approximate surface area is 157 Å². The molecule has 0 aliphatic heterocycles. The van der Waals surface area contributed by atoms with Crippen LogP contribution in [0.4, 0.5) is 18.9 Å². The van der Waals surface area contributed by atoms with E-state index in [-0.39, 0.29) is 16.7 Å². The second kappa shape index (κ2) is 7.83. The highest BCUT2D eigenvalue weighted by Gasteiger charge is 2.30. The first-order valence-electron chi connectivity index (χ1n) is 7.82. The van der Waals surface area contributed by atoms with Crippen LogP contribution in [0.3, 0.4) is 0 Å². The Hall–Kier alpha value is -2.81. The smallest absolute Gasteiger partial charge is 0.411 e. The number of hydrogen-bond acceptors (Lipinski definition) is 5. The number of thioether (sulfide) groups is 1. The van der Waals surface area contributed by atoms with Crippen LogP contribution in [-0.2, 0) is 11.0 Å². The van der Waals surface area contributed by atoms with E-state index in [1.165, 1.54) is 12.1 Å². The third kappa shape index (κ3) is 5.10. The topological polar surface area (TPSA) is 68.0 Å². The molecule has 0 aliphatic rings. The highest BCUT2D eigenvalue weighted by Crippen LogP contribution is 2.30. The summed E-state index contributed by atoms with van der Waals surface area (Å²) in [5, 5.41) is 10.4. The molecule has 0 saturated heterocycles. The number of anilines is 1. The van der Waals surface area contributed by atoms with E-state index in [0.29, 0.717) is 5.89 Å². The van der Waals surface area contributed by atoms with Crippen LogP contribution < -0.4 is 5.32 Å². The lowest BCUT2D eigenvalue weighted by Crippen LogP contribution is -2.15.